The van der Waals surface area contributed by atoms with Gasteiger partial charge in [0.25, 0.3) is 0 Å². The van der Waals surface area contributed by atoms with E-state index in [9.17, 15) is 0 Å². The number of H-pyrrole nitrogens is 1. The second kappa shape index (κ2) is 4.87. The van der Waals surface area contributed by atoms with E-state index in [-0.39, 0.29) is 0 Å². The van der Waals surface area contributed by atoms with Crippen LogP contribution in [-0.2, 0) is 16.1 Å². The van der Waals surface area contributed by atoms with Crippen LogP contribution in [0.15, 0.2) is 12.4 Å². The third-order valence-corrected chi connectivity index (χ3v) is 1.23. The van der Waals surface area contributed by atoms with E-state index < -0.39 is 0 Å². The summed E-state index contributed by atoms with van der Waals surface area (Å²) in [6.45, 7) is 1.76. The average molecular weight is 156 g/mol. The molecule has 4 nitrogen and oxygen atoms in total. The minimum Gasteiger partial charge on any atom is -0.382 e. The van der Waals surface area contributed by atoms with Crippen LogP contribution in [0.3, 0.4) is 0 Å². The van der Waals surface area contributed by atoms with Crippen LogP contribution in [0.2, 0.25) is 0 Å². The normalized spacial score (nSPS) is 10.3. The van der Waals surface area contributed by atoms with Gasteiger partial charge < -0.3 is 14.5 Å². The molecule has 1 heterocycles. The van der Waals surface area contributed by atoms with Gasteiger partial charge in [0.05, 0.1) is 13.2 Å². The van der Waals surface area contributed by atoms with E-state index in [1.807, 2.05) is 0 Å². The van der Waals surface area contributed by atoms with Gasteiger partial charge >= 0.3 is 0 Å². The first-order valence-corrected chi connectivity index (χ1v) is 3.48. The number of imidazole rings is 1. The van der Waals surface area contributed by atoms with E-state index in [2.05, 4.69) is 9.97 Å². The fourth-order valence-corrected chi connectivity index (χ4v) is 0.688. The Bertz CT molecular complexity index is 175. The molecule has 11 heavy (non-hydrogen) atoms. The van der Waals surface area contributed by atoms with Crippen LogP contribution < -0.4 is 0 Å². The summed E-state index contributed by atoms with van der Waals surface area (Å²) in [6.07, 6.45) is 3.48. The number of ether oxygens (including phenoxy) is 2. The van der Waals surface area contributed by atoms with Gasteiger partial charge in [-0.15, -0.1) is 0 Å². The van der Waals surface area contributed by atoms with Gasteiger partial charge in [0, 0.05) is 19.5 Å². The van der Waals surface area contributed by atoms with Crippen molar-refractivity contribution < 1.29 is 9.47 Å². The van der Waals surface area contributed by atoms with E-state index in [1.54, 1.807) is 19.5 Å². The Morgan fingerprint density at radius 2 is 2.45 bits per heavy atom. The van der Waals surface area contributed by atoms with Gasteiger partial charge in [0.15, 0.2) is 0 Å². The van der Waals surface area contributed by atoms with E-state index in [4.69, 9.17) is 9.47 Å². The van der Waals surface area contributed by atoms with Crippen LogP contribution in [-0.4, -0.2) is 30.3 Å². The average Bonchev–Trinajstić information content (AvgIpc) is 2.50. The van der Waals surface area contributed by atoms with Gasteiger partial charge in [-0.25, -0.2) is 4.98 Å². The molecule has 0 saturated carbocycles. The minimum atomic E-state index is 0.524. The van der Waals surface area contributed by atoms with Gasteiger partial charge in [-0.2, -0.15) is 0 Å². The molecule has 0 aliphatic heterocycles. The highest BCUT2D eigenvalue weighted by atomic mass is 16.5. The summed E-state index contributed by atoms with van der Waals surface area (Å²) in [5, 5.41) is 0. The number of aromatic nitrogens is 2. The van der Waals surface area contributed by atoms with Crippen molar-refractivity contribution in [1.82, 2.24) is 9.97 Å². The predicted octanol–water partition coefficient (Wildman–Crippen LogP) is 0.573. The first-order chi connectivity index (χ1) is 5.43. The predicted molar refractivity (Wildman–Crippen MR) is 40.1 cm³/mol. The van der Waals surface area contributed by atoms with Gasteiger partial charge in [-0.1, -0.05) is 0 Å². The highest BCUT2D eigenvalue weighted by Crippen LogP contribution is 1.90. The Labute approximate surface area is 65.5 Å². The number of nitrogens with one attached hydrogen (secondary N) is 1. The third kappa shape index (κ3) is 3.15. The molecule has 1 N–H and O–H groups in total. The lowest BCUT2D eigenvalue weighted by Gasteiger charge is -1.99. The fourth-order valence-electron chi connectivity index (χ4n) is 0.688. The van der Waals surface area contributed by atoms with Gasteiger partial charge in [-0.3, -0.25) is 0 Å². The Morgan fingerprint density at radius 1 is 1.55 bits per heavy atom. The molecular formula is C7H12N2O2. The molecule has 4 heteroatoms. The van der Waals surface area contributed by atoms with Crippen LogP contribution in [0.25, 0.3) is 0 Å². The summed E-state index contributed by atoms with van der Waals surface area (Å²) >= 11 is 0. The maximum absolute atomic E-state index is 5.20. The summed E-state index contributed by atoms with van der Waals surface area (Å²) in [4.78, 5) is 6.93. The fraction of sp³-hybridized carbons (Fsp3) is 0.571. The van der Waals surface area contributed by atoms with Crippen LogP contribution in [0, 0.1) is 0 Å². The summed E-state index contributed by atoms with van der Waals surface area (Å²) < 4.78 is 10.0. The molecule has 0 aromatic carbocycles. The lowest BCUT2D eigenvalue weighted by molar-refractivity contribution is 0.0589. The highest BCUT2D eigenvalue weighted by molar-refractivity contribution is 4.83. The van der Waals surface area contributed by atoms with Crippen molar-refractivity contribution in [2.75, 3.05) is 20.3 Å². The largest absolute Gasteiger partial charge is 0.382 e. The lowest BCUT2D eigenvalue weighted by atomic mass is 10.6. The molecule has 0 bridgehead atoms. The SMILES string of the molecule is COCCOCc1ncc[nH]1. The molecule has 1 rings (SSSR count). The topological polar surface area (TPSA) is 47.1 Å². The highest BCUT2D eigenvalue weighted by Gasteiger charge is 1.92. The van der Waals surface area contributed by atoms with Gasteiger partial charge in [-0.05, 0) is 0 Å². The van der Waals surface area contributed by atoms with Crippen molar-refractivity contribution in [2.24, 2.45) is 0 Å². The van der Waals surface area contributed by atoms with E-state index in [0.29, 0.717) is 19.8 Å². The van der Waals surface area contributed by atoms with E-state index in [0.717, 1.165) is 5.82 Å². The van der Waals surface area contributed by atoms with Crippen molar-refractivity contribution in [2.45, 2.75) is 6.61 Å². The first kappa shape index (κ1) is 8.23. The Balaban J connectivity index is 2.04. The quantitative estimate of drug-likeness (QED) is 0.634. The second-order valence-corrected chi connectivity index (χ2v) is 2.08. The zero-order valence-electron chi connectivity index (χ0n) is 6.54. The Hall–Kier alpha value is -0.870. The van der Waals surface area contributed by atoms with E-state index in [1.165, 1.54) is 0 Å². The Kier molecular flexibility index (Phi) is 3.64. The molecule has 0 atom stereocenters. The molecular weight excluding hydrogens is 144 g/mol. The summed E-state index contributed by atoms with van der Waals surface area (Å²) in [7, 11) is 1.65. The summed E-state index contributed by atoms with van der Waals surface area (Å²) in [5.74, 6) is 0.848. The van der Waals surface area contributed by atoms with Gasteiger partial charge in [0.1, 0.15) is 12.4 Å². The molecule has 1 aromatic heterocycles. The number of aromatic amines is 1. The Morgan fingerprint density at radius 3 is 3.09 bits per heavy atom. The maximum atomic E-state index is 5.20. The van der Waals surface area contributed by atoms with E-state index >= 15 is 0 Å². The zero-order valence-corrected chi connectivity index (χ0v) is 6.54. The molecule has 0 aliphatic rings. The molecule has 0 fully saturated rings. The first-order valence-electron chi connectivity index (χ1n) is 3.48. The molecule has 0 aliphatic carbocycles. The number of methoxy groups -OCH3 is 1. The molecule has 1 aromatic rings. The van der Waals surface area contributed by atoms with Crippen molar-refractivity contribution in [3.8, 4) is 0 Å². The molecule has 0 unspecified atom stereocenters. The molecule has 0 saturated heterocycles. The van der Waals surface area contributed by atoms with Crippen molar-refractivity contribution in [3.05, 3.63) is 18.2 Å². The summed E-state index contributed by atoms with van der Waals surface area (Å²) in [5.41, 5.74) is 0. The van der Waals surface area contributed by atoms with Crippen LogP contribution >= 0.6 is 0 Å². The lowest BCUT2D eigenvalue weighted by Crippen LogP contribution is -2.02. The summed E-state index contributed by atoms with van der Waals surface area (Å²) in [6, 6.07) is 0. The number of nitrogens with zero attached hydrogens (tertiary/aromatic N) is 1. The third-order valence-electron chi connectivity index (χ3n) is 1.23. The number of hydrogen-bond donors (Lipinski definition) is 1. The van der Waals surface area contributed by atoms with Crippen molar-refractivity contribution >= 4 is 0 Å². The smallest absolute Gasteiger partial charge is 0.132 e. The molecule has 0 amide bonds. The van der Waals surface area contributed by atoms with Crippen LogP contribution in [0.4, 0.5) is 0 Å². The maximum Gasteiger partial charge on any atom is 0.132 e. The van der Waals surface area contributed by atoms with Gasteiger partial charge in [0.2, 0.25) is 0 Å². The standard InChI is InChI=1S/C7H12N2O2/c1-10-4-5-11-6-7-8-2-3-9-7/h2-3H,4-6H2,1H3,(H,8,9). The molecule has 0 radical (unpaired) electrons. The zero-order chi connectivity index (χ0) is 7.94. The van der Waals surface area contributed by atoms with Crippen molar-refractivity contribution in [3.63, 3.8) is 0 Å². The monoisotopic (exact) mass is 156 g/mol. The number of rotatable bonds is 5. The van der Waals surface area contributed by atoms with Crippen LogP contribution in [0.5, 0.6) is 0 Å². The van der Waals surface area contributed by atoms with Crippen molar-refractivity contribution in [1.29, 1.82) is 0 Å². The van der Waals surface area contributed by atoms with Crippen LogP contribution in [0.1, 0.15) is 5.82 Å². The minimum absolute atomic E-state index is 0.524. The molecule has 62 valence electrons. The second-order valence-electron chi connectivity index (χ2n) is 2.08. The molecule has 0 spiro atoms. The number of hydrogen-bond acceptors (Lipinski definition) is 3.